The monoisotopic (exact) mass is 651 g/mol. The molecule has 2 aliphatic rings. The van der Waals surface area contributed by atoms with Gasteiger partial charge < -0.3 is 19.3 Å². The van der Waals surface area contributed by atoms with Crippen LogP contribution < -0.4 is 4.74 Å². The maximum absolute atomic E-state index is 13.1. The summed E-state index contributed by atoms with van der Waals surface area (Å²) in [5, 5.41) is 0. The fourth-order valence-corrected chi connectivity index (χ4v) is 8.22. The molecular formula is C25H39Br2N3O5S. The van der Waals surface area contributed by atoms with Crippen molar-refractivity contribution >= 4 is 47.8 Å². The first-order valence-electron chi connectivity index (χ1n) is 12.6. The highest BCUT2D eigenvalue weighted by molar-refractivity contribution is 9.11. The summed E-state index contributed by atoms with van der Waals surface area (Å²) in [6, 6.07) is 3.27. The lowest BCUT2D eigenvalue weighted by Crippen LogP contribution is -2.37. The Morgan fingerprint density at radius 3 is 2.36 bits per heavy atom. The Kier molecular flexibility index (Phi) is 11.5. The molecule has 36 heavy (non-hydrogen) atoms. The number of amides is 1. The Morgan fingerprint density at radius 1 is 1.08 bits per heavy atom. The third-order valence-electron chi connectivity index (χ3n) is 7.28. The highest BCUT2D eigenvalue weighted by atomic mass is 79.9. The van der Waals surface area contributed by atoms with Crippen LogP contribution in [0.25, 0.3) is 0 Å². The molecule has 1 amide bonds. The smallest absolute Gasteiger partial charge is 0.248 e. The van der Waals surface area contributed by atoms with E-state index in [1.165, 1.54) is 76.6 Å². The van der Waals surface area contributed by atoms with Crippen LogP contribution in [0.1, 0.15) is 38.5 Å². The van der Waals surface area contributed by atoms with Gasteiger partial charge in [0, 0.05) is 42.7 Å². The number of rotatable bonds is 12. The average Bonchev–Trinajstić information content (AvgIpc) is 3.34. The van der Waals surface area contributed by atoms with Crippen LogP contribution in [0.3, 0.4) is 0 Å². The van der Waals surface area contributed by atoms with E-state index in [1.807, 2.05) is 7.05 Å². The number of carbonyl (C=O) groups excluding carboxylic acids is 1. The van der Waals surface area contributed by atoms with Crippen molar-refractivity contribution in [2.75, 3.05) is 67.1 Å². The van der Waals surface area contributed by atoms with Gasteiger partial charge in [-0.15, -0.1) is 0 Å². The second-order valence-corrected chi connectivity index (χ2v) is 13.7. The molecule has 0 N–H and O–H groups in total. The zero-order chi connectivity index (χ0) is 26.3. The van der Waals surface area contributed by atoms with E-state index in [0.717, 1.165) is 12.5 Å². The molecule has 1 aliphatic carbocycles. The molecule has 1 saturated carbocycles. The predicted octanol–water partition coefficient (Wildman–Crippen LogP) is 4.22. The van der Waals surface area contributed by atoms with Crippen molar-refractivity contribution in [1.29, 1.82) is 0 Å². The van der Waals surface area contributed by atoms with Gasteiger partial charge in [-0.2, -0.15) is 4.31 Å². The summed E-state index contributed by atoms with van der Waals surface area (Å²) in [7, 11) is 0.930. The molecule has 0 spiro atoms. The van der Waals surface area contributed by atoms with E-state index >= 15 is 0 Å². The van der Waals surface area contributed by atoms with E-state index in [1.54, 1.807) is 17.0 Å². The summed E-state index contributed by atoms with van der Waals surface area (Å²) in [5.74, 6) is 1.52. The number of benzene rings is 1. The van der Waals surface area contributed by atoms with Crippen molar-refractivity contribution in [2.24, 2.45) is 11.8 Å². The van der Waals surface area contributed by atoms with Gasteiger partial charge in [0.1, 0.15) is 17.3 Å². The number of hydrogen-bond acceptors (Lipinski definition) is 6. The fraction of sp³-hybridized carbons (Fsp3) is 0.720. The molecule has 0 bridgehead atoms. The standard InChI is InChI=1S/C25H39Br2N3O5S/c1-28(16-19-6-8-20(9-7-19)17-30-10-4-5-11-30)24(31)18-35-13-12-29(2)36(32,33)25-22(27)14-21(26)15-23(25)34-3/h14-15,19-20H,4-13,16-18H2,1-3H3/t19-,20-. The van der Waals surface area contributed by atoms with E-state index in [9.17, 15) is 13.2 Å². The fourth-order valence-electron chi connectivity index (χ4n) is 5.09. The molecule has 0 unspecified atom stereocenters. The van der Waals surface area contributed by atoms with Crippen molar-refractivity contribution < 1.29 is 22.7 Å². The summed E-state index contributed by atoms with van der Waals surface area (Å²) in [4.78, 5) is 17.0. The molecular weight excluding hydrogens is 614 g/mol. The van der Waals surface area contributed by atoms with Crippen LogP contribution in [0.15, 0.2) is 26.0 Å². The highest BCUT2D eigenvalue weighted by Crippen LogP contribution is 2.36. The zero-order valence-corrected chi connectivity index (χ0v) is 25.5. The van der Waals surface area contributed by atoms with Gasteiger partial charge in [0.05, 0.1) is 13.7 Å². The minimum absolute atomic E-state index is 0.0556. The molecule has 1 heterocycles. The van der Waals surface area contributed by atoms with Gasteiger partial charge in [-0.3, -0.25) is 4.79 Å². The van der Waals surface area contributed by atoms with Crippen LogP contribution in [0.2, 0.25) is 0 Å². The lowest BCUT2D eigenvalue weighted by molar-refractivity contribution is -0.135. The molecule has 1 aromatic carbocycles. The quantitative estimate of drug-likeness (QED) is 0.315. The second-order valence-electron chi connectivity index (χ2n) is 9.97. The lowest BCUT2D eigenvalue weighted by atomic mass is 9.81. The molecule has 204 valence electrons. The number of hydrogen-bond donors (Lipinski definition) is 0. The third kappa shape index (κ3) is 8.14. The van der Waals surface area contributed by atoms with Crippen LogP contribution in [0.5, 0.6) is 5.75 Å². The number of carbonyl (C=O) groups is 1. The molecule has 1 aromatic rings. The SMILES string of the molecule is COc1cc(Br)cc(Br)c1S(=O)(=O)N(C)CCOCC(=O)N(C)C[C@H]1CC[C@H](CN2CCCC2)CC1. The van der Waals surface area contributed by atoms with E-state index < -0.39 is 10.0 Å². The Bertz CT molecular complexity index is 980. The maximum atomic E-state index is 13.1. The molecule has 0 aromatic heterocycles. The summed E-state index contributed by atoms with van der Waals surface area (Å²) in [5.41, 5.74) is 0. The van der Waals surface area contributed by atoms with Crippen molar-refractivity contribution in [3.8, 4) is 5.75 Å². The Labute approximate surface area is 233 Å². The average molecular weight is 653 g/mol. The molecule has 1 saturated heterocycles. The molecule has 3 rings (SSSR count). The number of halogens is 2. The van der Waals surface area contributed by atoms with Gasteiger partial charge in [-0.1, -0.05) is 15.9 Å². The number of nitrogens with zero attached hydrogens (tertiary/aromatic N) is 3. The van der Waals surface area contributed by atoms with Gasteiger partial charge in [-0.05, 0) is 91.5 Å². The molecule has 8 nitrogen and oxygen atoms in total. The Morgan fingerprint density at radius 2 is 1.72 bits per heavy atom. The number of likely N-dealkylation sites (tertiary alicyclic amines) is 1. The van der Waals surface area contributed by atoms with Crippen LogP contribution in [-0.2, 0) is 19.6 Å². The van der Waals surface area contributed by atoms with Crippen LogP contribution in [0.4, 0.5) is 0 Å². The largest absolute Gasteiger partial charge is 0.495 e. The number of likely N-dealkylation sites (N-methyl/N-ethyl adjacent to an activating group) is 2. The van der Waals surface area contributed by atoms with Gasteiger partial charge in [-0.25, -0.2) is 8.42 Å². The van der Waals surface area contributed by atoms with Crippen LogP contribution in [-0.4, -0.2) is 95.6 Å². The summed E-state index contributed by atoms with van der Waals surface area (Å²) in [6.45, 7) is 4.69. The number of ether oxygens (including phenoxy) is 2. The topological polar surface area (TPSA) is 79.4 Å². The molecule has 0 radical (unpaired) electrons. The van der Waals surface area contributed by atoms with Crippen molar-refractivity contribution in [1.82, 2.24) is 14.1 Å². The maximum Gasteiger partial charge on any atom is 0.248 e. The first-order chi connectivity index (χ1) is 17.1. The van der Waals surface area contributed by atoms with Crippen LogP contribution >= 0.6 is 31.9 Å². The van der Waals surface area contributed by atoms with E-state index in [-0.39, 0.29) is 36.3 Å². The van der Waals surface area contributed by atoms with Crippen molar-refractivity contribution in [2.45, 2.75) is 43.4 Å². The number of methoxy groups -OCH3 is 1. The highest BCUT2D eigenvalue weighted by Gasteiger charge is 2.29. The summed E-state index contributed by atoms with van der Waals surface area (Å²) >= 11 is 6.67. The van der Waals surface area contributed by atoms with Gasteiger partial charge >= 0.3 is 0 Å². The van der Waals surface area contributed by atoms with Crippen molar-refractivity contribution in [3.63, 3.8) is 0 Å². The second kappa shape index (κ2) is 13.9. The first kappa shape index (κ1) is 29.8. The summed E-state index contributed by atoms with van der Waals surface area (Å²) < 4.78 is 39.3. The zero-order valence-electron chi connectivity index (χ0n) is 21.5. The lowest BCUT2D eigenvalue weighted by Gasteiger charge is -2.33. The predicted molar refractivity (Wildman–Crippen MR) is 148 cm³/mol. The van der Waals surface area contributed by atoms with E-state index in [2.05, 4.69) is 36.8 Å². The summed E-state index contributed by atoms with van der Waals surface area (Å²) in [6.07, 6.45) is 7.53. The minimum atomic E-state index is -3.82. The molecule has 0 atom stereocenters. The first-order valence-corrected chi connectivity index (χ1v) is 15.7. The Hall–Kier alpha value is -0.720. The van der Waals surface area contributed by atoms with Gasteiger partial charge in [0.2, 0.25) is 15.9 Å². The Balaban J connectivity index is 1.38. The number of sulfonamides is 1. The molecule has 2 fully saturated rings. The molecule has 1 aliphatic heterocycles. The van der Waals surface area contributed by atoms with Crippen LogP contribution in [0, 0.1) is 11.8 Å². The van der Waals surface area contributed by atoms with Crippen molar-refractivity contribution in [3.05, 3.63) is 21.1 Å². The minimum Gasteiger partial charge on any atom is -0.495 e. The van der Waals surface area contributed by atoms with E-state index in [4.69, 9.17) is 9.47 Å². The third-order valence-corrected chi connectivity index (χ3v) is 10.6. The normalized spacial score (nSPS) is 21.2. The van der Waals surface area contributed by atoms with Gasteiger partial charge in [0.15, 0.2) is 0 Å². The molecule has 11 heteroatoms. The van der Waals surface area contributed by atoms with Gasteiger partial charge in [0.25, 0.3) is 0 Å². The van der Waals surface area contributed by atoms with E-state index in [0.29, 0.717) is 14.9 Å².